The Labute approximate surface area is 340 Å². The number of nitrogens with zero attached hydrogens (tertiary/aromatic N) is 2. The largest absolute Gasteiger partial charge is 0.481 e. The maximum atomic E-state index is 10.5. The van der Waals surface area contributed by atoms with Crippen molar-refractivity contribution >= 4 is 41.4 Å². The molecule has 0 aliphatic carbocycles. The normalized spacial score (nSPS) is 11.0. The maximum Gasteiger partial charge on any atom is 0.305 e. The summed E-state index contributed by atoms with van der Waals surface area (Å²) in [7, 11) is 0. The fourth-order valence-electron chi connectivity index (χ4n) is 4.11. The van der Waals surface area contributed by atoms with Crippen LogP contribution >= 0.6 is 0 Å². The number of esters is 1. The number of hydrogen-bond donors (Lipinski definition) is 8. The Morgan fingerprint density at radius 3 is 1.31 bits per heavy atom. The number of aliphatic hydroxyl groups is 6. The molecule has 328 valence electrons. The molecule has 1 aliphatic rings. The van der Waals surface area contributed by atoms with Crippen molar-refractivity contribution in [3.8, 4) is 0 Å². The average Bonchev–Trinajstić information content (AvgIpc) is 3.47. The van der Waals surface area contributed by atoms with E-state index in [1.54, 1.807) is 24.3 Å². The highest BCUT2D eigenvalue weighted by Crippen LogP contribution is 2.18. The predicted molar refractivity (Wildman–Crippen MR) is 215 cm³/mol. The first-order valence-corrected chi connectivity index (χ1v) is 19.2. The number of isocyanates is 2. The SMILES string of the molecule is O=C(O)CCCCC(=O)O.O=C1CCCCCO1.O=C=Nc1ccc(Cc2ccc(N=C=O)cc2)cc1.OCCCCCCO.OCCCCO.OCCOCCO. The van der Waals surface area contributed by atoms with E-state index in [1.807, 2.05) is 24.3 Å². The summed E-state index contributed by atoms with van der Waals surface area (Å²) in [6.07, 6.45) is 13.9. The molecule has 0 radical (unpaired) electrons. The Morgan fingerprint density at radius 2 is 0.966 bits per heavy atom. The first kappa shape index (κ1) is 57.7. The molecule has 3 rings (SSSR count). The first-order valence-electron chi connectivity index (χ1n) is 19.2. The van der Waals surface area contributed by atoms with Gasteiger partial charge in [0.25, 0.3) is 0 Å². The quantitative estimate of drug-likeness (QED) is 0.0377. The molecule has 2 aromatic carbocycles. The molecular weight excluding hydrogens is 760 g/mol. The summed E-state index contributed by atoms with van der Waals surface area (Å²) in [6, 6.07) is 14.7. The van der Waals surface area contributed by atoms with Gasteiger partial charge in [-0.15, -0.1) is 0 Å². The standard InChI is InChI=1S/C15H10N2O2.C6H10O4.C6H10O2.C6H14O2.C4H10O3.C4H10O2/c18-10-16-14-5-1-12(2-6-14)9-13-3-7-15(8-4-13)17-11-19;7-5(8)3-1-2-4-6(9)10;7-6-4-2-1-3-5-8-6;7-5-3-1-2-4-6-8;5-1-3-7-4-2-6;5-3-1-2-4-6/h1-8H,9H2;1-4H2,(H,7,8)(H,9,10);1-5H2;7-8H,1-6H2;5-6H,1-4H2;5-6H,1-4H2. The Hall–Kier alpha value is -4.67. The molecule has 0 aromatic heterocycles. The van der Waals surface area contributed by atoms with Gasteiger partial charge < -0.3 is 50.3 Å². The van der Waals surface area contributed by atoms with Gasteiger partial charge >= 0.3 is 17.9 Å². The molecule has 0 bridgehead atoms. The number of carbonyl (C=O) groups excluding carboxylic acids is 3. The van der Waals surface area contributed by atoms with Gasteiger partial charge in [0.05, 0.1) is 44.4 Å². The molecule has 2 aromatic rings. The van der Waals surface area contributed by atoms with E-state index in [1.165, 1.54) is 12.2 Å². The second-order valence-electron chi connectivity index (χ2n) is 12.0. The summed E-state index contributed by atoms with van der Waals surface area (Å²) < 4.78 is 9.40. The van der Waals surface area contributed by atoms with E-state index in [-0.39, 0.29) is 58.5 Å². The summed E-state index contributed by atoms with van der Waals surface area (Å²) >= 11 is 0. The van der Waals surface area contributed by atoms with Crippen LogP contribution in [0.25, 0.3) is 0 Å². The number of carboxylic acids is 2. The molecule has 1 fully saturated rings. The van der Waals surface area contributed by atoms with Crippen LogP contribution in [0.15, 0.2) is 58.5 Å². The number of ether oxygens (including phenoxy) is 2. The zero-order valence-corrected chi connectivity index (χ0v) is 33.4. The average molecular weight is 825 g/mol. The highest BCUT2D eigenvalue weighted by Gasteiger charge is 2.05. The second kappa shape index (κ2) is 46.7. The number of aliphatic carboxylic acids is 2. The topological polar surface area (TPSA) is 290 Å². The number of rotatable bonds is 21. The number of cyclic esters (lactones) is 1. The fraction of sp³-hybridized carbons (Fsp3) is 0.585. The third-order valence-corrected chi connectivity index (χ3v) is 7.05. The minimum atomic E-state index is -0.870. The number of carboxylic acid groups (broad SMARTS) is 2. The molecule has 17 nitrogen and oxygen atoms in total. The molecule has 0 spiro atoms. The summed E-state index contributed by atoms with van der Waals surface area (Å²) in [6.45, 7) is 2.29. The Morgan fingerprint density at radius 1 is 0.569 bits per heavy atom. The van der Waals surface area contributed by atoms with Gasteiger partial charge in [-0.25, -0.2) is 9.59 Å². The van der Waals surface area contributed by atoms with E-state index in [0.29, 0.717) is 50.5 Å². The molecule has 1 saturated heterocycles. The van der Waals surface area contributed by atoms with E-state index < -0.39 is 11.9 Å². The lowest BCUT2D eigenvalue weighted by Crippen LogP contribution is -2.03. The number of carbonyl (C=O) groups is 3. The van der Waals surface area contributed by atoms with Gasteiger partial charge in [-0.1, -0.05) is 37.1 Å². The molecule has 8 N–H and O–H groups in total. The molecular formula is C41H64N2O15. The highest BCUT2D eigenvalue weighted by atomic mass is 16.5. The Kier molecular flexibility index (Phi) is 46.4. The van der Waals surface area contributed by atoms with Crippen LogP contribution in [0.4, 0.5) is 11.4 Å². The van der Waals surface area contributed by atoms with E-state index >= 15 is 0 Å². The summed E-state index contributed by atoms with van der Waals surface area (Å²) in [5.74, 6) is -1.77. The van der Waals surface area contributed by atoms with Crippen LogP contribution in [0.3, 0.4) is 0 Å². The third-order valence-electron chi connectivity index (χ3n) is 7.05. The van der Waals surface area contributed by atoms with Crippen LogP contribution in [-0.4, -0.2) is 130 Å². The van der Waals surface area contributed by atoms with Gasteiger partial charge in [-0.3, -0.25) is 14.4 Å². The minimum Gasteiger partial charge on any atom is -0.481 e. The number of aliphatic imine (C=N–C) groups is 2. The fourth-order valence-corrected chi connectivity index (χ4v) is 4.11. The summed E-state index contributed by atoms with van der Waals surface area (Å²) in [4.78, 5) is 57.5. The number of unbranched alkanes of at least 4 members (excludes halogenated alkanes) is 5. The molecule has 0 atom stereocenters. The molecule has 1 aliphatic heterocycles. The van der Waals surface area contributed by atoms with Gasteiger partial charge in [-0.05, 0) is 99.6 Å². The van der Waals surface area contributed by atoms with Crippen molar-refractivity contribution in [3.05, 3.63) is 59.7 Å². The van der Waals surface area contributed by atoms with Gasteiger partial charge in [0.15, 0.2) is 0 Å². The van der Waals surface area contributed by atoms with Crippen LogP contribution < -0.4 is 0 Å². The van der Waals surface area contributed by atoms with E-state index in [9.17, 15) is 24.0 Å². The number of aliphatic hydroxyl groups excluding tert-OH is 6. The maximum absolute atomic E-state index is 10.5. The summed E-state index contributed by atoms with van der Waals surface area (Å²) in [5, 5.41) is 65.2. The second-order valence-corrected chi connectivity index (χ2v) is 12.0. The predicted octanol–water partition coefficient (Wildman–Crippen LogP) is 4.30. The smallest absolute Gasteiger partial charge is 0.305 e. The van der Waals surface area contributed by atoms with Gasteiger partial charge in [0, 0.05) is 45.7 Å². The molecule has 58 heavy (non-hydrogen) atoms. The highest BCUT2D eigenvalue weighted by molar-refractivity contribution is 5.69. The van der Waals surface area contributed by atoms with Crippen LogP contribution in [0, 0.1) is 0 Å². The lowest BCUT2D eigenvalue weighted by atomic mass is 10.0. The molecule has 0 saturated carbocycles. The molecule has 17 heteroatoms. The molecule has 0 amide bonds. The zero-order valence-electron chi connectivity index (χ0n) is 33.4. The Balaban J connectivity index is -0.000000668. The monoisotopic (exact) mass is 824 g/mol. The molecule has 0 unspecified atom stereocenters. The van der Waals surface area contributed by atoms with Crippen molar-refractivity contribution < 1.29 is 74.3 Å². The van der Waals surface area contributed by atoms with Crippen LogP contribution in [0.5, 0.6) is 0 Å². The van der Waals surface area contributed by atoms with Crippen LogP contribution in [0.1, 0.15) is 101 Å². The van der Waals surface area contributed by atoms with E-state index in [4.69, 9.17) is 45.6 Å². The van der Waals surface area contributed by atoms with E-state index in [0.717, 1.165) is 75.3 Å². The van der Waals surface area contributed by atoms with Crippen molar-refractivity contribution in [1.82, 2.24) is 0 Å². The van der Waals surface area contributed by atoms with Crippen molar-refractivity contribution in [2.45, 2.75) is 96.3 Å². The van der Waals surface area contributed by atoms with Crippen molar-refractivity contribution in [2.24, 2.45) is 9.98 Å². The van der Waals surface area contributed by atoms with Crippen LogP contribution in [0.2, 0.25) is 0 Å². The molecule has 1 heterocycles. The van der Waals surface area contributed by atoms with Gasteiger partial charge in [-0.2, -0.15) is 9.98 Å². The lowest BCUT2D eigenvalue weighted by Gasteiger charge is -2.02. The van der Waals surface area contributed by atoms with Gasteiger partial charge in [0.1, 0.15) is 0 Å². The van der Waals surface area contributed by atoms with Gasteiger partial charge in [0.2, 0.25) is 12.2 Å². The first-order chi connectivity index (χ1) is 28.1. The van der Waals surface area contributed by atoms with E-state index in [2.05, 4.69) is 14.7 Å². The van der Waals surface area contributed by atoms with Crippen molar-refractivity contribution in [3.63, 3.8) is 0 Å². The number of benzene rings is 2. The van der Waals surface area contributed by atoms with Crippen molar-refractivity contribution in [1.29, 1.82) is 0 Å². The minimum absolute atomic E-state index is 0.0255. The summed E-state index contributed by atoms with van der Waals surface area (Å²) in [5.41, 5.74) is 3.40. The van der Waals surface area contributed by atoms with Crippen LogP contribution in [-0.2, 0) is 39.9 Å². The Bertz CT molecular complexity index is 1250. The zero-order chi connectivity index (χ0) is 43.9. The number of hydrogen-bond acceptors (Lipinski definition) is 15. The lowest BCUT2D eigenvalue weighted by molar-refractivity contribution is -0.142. The van der Waals surface area contributed by atoms with Crippen molar-refractivity contribution in [2.75, 3.05) is 59.5 Å². The third kappa shape index (κ3) is 45.7.